The number of morpholine rings is 2. The Bertz CT molecular complexity index is 2300. The van der Waals surface area contributed by atoms with Crippen molar-refractivity contribution >= 4 is 23.5 Å². The van der Waals surface area contributed by atoms with Gasteiger partial charge in [-0.15, -0.1) is 0 Å². The number of hydrogen-bond donors (Lipinski definition) is 1. The summed E-state index contributed by atoms with van der Waals surface area (Å²) in [5, 5.41) is 3.41. The van der Waals surface area contributed by atoms with Crippen LogP contribution in [0.2, 0.25) is 0 Å². The van der Waals surface area contributed by atoms with Crippen molar-refractivity contribution in [3.05, 3.63) is 125 Å². The summed E-state index contributed by atoms with van der Waals surface area (Å²) in [4.78, 5) is 26.1. The van der Waals surface area contributed by atoms with Gasteiger partial charge in [0.25, 0.3) is 0 Å². The molecule has 3 aromatic heterocycles. The molecule has 0 radical (unpaired) electrons. The van der Waals surface area contributed by atoms with Gasteiger partial charge in [-0.2, -0.15) is 0 Å². The van der Waals surface area contributed by atoms with Crippen molar-refractivity contribution < 1.29 is 13.9 Å². The predicted molar refractivity (Wildman–Crippen MR) is 246 cm³/mol. The fourth-order valence-corrected chi connectivity index (χ4v) is 9.70. The average molecular weight is 834 g/mol. The number of nitrogens with one attached hydrogen (secondary N) is 1. The summed E-state index contributed by atoms with van der Waals surface area (Å²) in [6.45, 7) is 18.8. The Morgan fingerprint density at radius 1 is 0.500 bits per heavy atom. The number of piperazine rings is 2. The molecule has 11 rings (SSSR count). The first-order chi connectivity index (χ1) is 30.7. The molecule has 0 unspecified atom stereocenters. The molecule has 12 heteroatoms. The van der Waals surface area contributed by atoms with Crippen molar-refractivity contribution in [3.8, 4) is 22.5 Å². The Morgan fingerprint density at radius 2 is 0.984 bits per heavy atom. The molecular weight excluding hydrogens is 775 g/mol. The third-order valence-corrected chi connectivity index (χ3v) is 13.1. The van der Waals surface area contributed by atoms with Crippen LogP contribution in [-0.4, -0.2) is 148 Å². The van der Waals surface area contributed by atoms with Crippen molar-refractivity contribution in [1.29, 1.82) is 0 Å². The minimum absolute atomic E-state index is 0.843. The van der Waals surface area contributed by atoms with E-state index >= 15 is 0 Å². The third kappa shape index (κ3) is 9.71. The quantitative estimate of drug-likeness (QED) is 0.185. The third-order valence-electron chi connectivity index (χ3n) is 13.1. The van der Waals surface area contributed by atoms with E-state index in [4.69, 9.17) is 23.9 Å². The van der Waals surface area contributed by atoms with Crippen LogP contribution in [0.5, 0.6) is 0 Å². The van der Waals surface area contributed by atoms with E-state index in [2.05, 4.69) is 108 Å². The monoisotopic (exact) mass is 833 g/mol. The molecule has 2 aliphatic carbocycles. The molecule has 4 aliphatic heterocycles. The van der Waals surface area contributed by atoms with E-state index in [-0.39, 0.29) is 0 Å². The molecule has 4 fully saturated rings. The molecule has 4 saturated heterocycles. The van der Waals surface area contributed by atoms with E-state index < -0.39 is 0 Å². The van der Waals surface area contributed by atoms with Crippen LogP contribution in [0.25, 0.3) is 34.7 Å². The van der Waals surface area contributed by atoms with E-state index in [0.717, 1.165) is 155 Å². The van der Waals surface area contributed by atoms with Gasteiger partial charge >= 0.3 is 0 Å². The molecule has 2 aromatic carbocycles. The van der Waals surface area contributed by atoms with Crippen molar-refractivity contribution in [1.82, 2.24) is 35.0 Å². The van der Waals surface area contributed by atoms with Gasteiger partial charge in [-0.1, -0.05) is 47.6 Å². The normalized spacial score (nSPS) is 19.7. The summed E-state index contributed by atoms with van der Waals surface area (Å²) in [6.07, 6.45) is 14.0. The minimum atomic E-state index is 0.843. The smallest absolute Gasteiger partial charge is 0.180 e. The first-order valence-electron chi connectivity index (χ1n) is 22.6. The summed E-state index contributed by atoms with van der Waals surface area (Å²) in [5.41, 5.74) is 16.6. The van der Waals surface area contributed by atoms with Crippen LogP contribution in [0.4, 0.5) is 11.4 Å². The van der Waals surface area contributed by atoms with Crippen LogP contribution in [0.15, 0.2) is 101 Å². The van der Waals surface area contributed by atoms with E-state index in [1.165, 1.54) is 62.3 Å². The second-order valence-electron chi connectivity index (χ2n) is 17.3. The fraction of sp³-hybridized carbons (Fsp3) is 0.420. The maximum absolute atomic E-state index is 5.50. The van der Waals surface area contributed by atoms with Gasteiger partial charge in [0.15, 0.2) is 6.39 Å². The summed E-state index contributed by atoms with van der Waals surface area (Å²) in [5.74, 6) is 0. The average Bonchev–Trinajstić information content (AvgIpc) is 4.11. The Morgan fingerprint density at radius 3 is 1.47 bits per heavy atom. The summed E-state index contributed by atoms with van der Waals surface area (Å²) >= 11 is 0. The van der Waals surface area contributed by atoms with Crippen molar-refractivity contribution in [2.24, 2.45) is 0 Å². The summed E-state index contributed by atoms with van der Waals surface area (Å²) in [6, 6.07) is 22.3. The van der Waals surface area contributed by atoms with Gasteiger partial charge in [-0.25, -0.2) is 4.98 Å². The highest BCUT2D eigenvalue weighted by molar-refractivity contribution is 5.80. The van der Waals surface area contributed by atoms with Gasteiger partial charge in [0, 0.05) is 144 Å². The zero-order chi connectivity index (χ0) is 41.5. The highest BCUT2D eigenvalue weighted by Gasteiger charge is 2.23. The van der Waals surface area contributed by atoms with Gasteiger partial charge in [-0.3, -0.25) is 24.7 Å². The van der Waals surface area contributed by atoms with Crippen LogP contribution in [0, 0.1) is 0 Å². The van der Waals surface area contributed by atoms with E-state index in [9.17, 15) is 0 Å². The van der Waals surface area contributed by atoms with Crippen molar-refractivity contribution in [2.75, 3.05) is 128 Å². The number of oxazole rings is 1. The lowest BCUT2D eigenvalue weighted by Gasteiger charge is -2.35. The highest BCUT2D eigenvalue weighted by Crippen LogP contribution is 2.35. The summed E-state index contributed by atoms with van der Waals surface area (Å²) < 4.78 is 16.1. The molecular formula is C50H59N9O3. The number of rotatable bonds is 10. The number of aromatic nitrogens is 3. The van der Waals surface area contributed by atoms with E-state index in [1.807, 2.05) is 12.4 Å². The lowest BCUT2D eigenvalue weighted by molar-refractivity contribution is 0.0421. The Hall–Kier alpha value is -5.21. The van der Waals surface area contributed by atoms with Gasteiger partial charge in [0.2, 0.25) is 0 Å². The molecule has 0 bridgehead atoms. The first-order valence-corrected chi connectivity index (χ1v) is 22.6. The number of fused-ring (bicyclic) bond motifs is 2. The molecule has 7 heterocycles. The number of hydrogen-bond acceptors (Lipinski definition) is 12. The number of anilines is 2. The maximum atomic E-state index is 5.50. The lowest BCUT2D eigenvalue weighted by Crippen LogP contribution is -2.46. The Labute approximate surface area is 365 Å². The van der Waals surface area contributed by atoms with Crippen molar-refractivity contribution in [2.45, 2.75) is 19.4 Å². The zero-order valence-corrected chi connectivity index (χ0v) is 35.9. The first kappa shape index (κ1) is 40.8. The molecule has 5 aromatic rings. The number of nitrogens with zero attached hydrogens (tertiary/aromatic N) is 8. The lowest BCUT2D eigenvalue weighted by atomic mass is 10.0. The highest BCUT2D eigenvalue weighted by atomic mass is 16.5. The van der Waals surface area contributed by atoms with E-state index in [0.29, 0.717) is 0 Å². The van der Waals surface area contributed by atoms with Gasteiger partial charge in [-0.05, 0) is 60.4 Å². The van der Waals surface area contributed by atoms with Crippen LogP contribution in [-0.2, 0) is 28.9 Å². The molecule has 322 valence electrons. The molecule has 62 heavy (non-hydrogen) atoms. The Kier molecular flexibility index (Phi) is 12.8. The second-order valence-corrected chi connectivity index (χ2v) is 17.3. The molecule has 0 amide bonds. The van der Waals surface area contributed by atoms with Crippen LogP contribution in [0.3, 0.4) is 0 Å². The largest absolute Gasteiger partial charge is 0.451 e. The number of ether oxygens (including phenoxy) is 2. The second kappa shape index (κ2) is 19.5. The fourth-order valence-electron chi connectivity index (χ4n) is 9.70. The van der Waals surface area contributed by atoms with Gasteiger partial charge in [0.05, 0.1) is 43.5 Å². The van der Waals surface area contributed by atoms with E-state index in [1.54, 1.807) is 6.26 Å². The molecule has 6 aliphatic rings. The topological polar surface area (TPSA) is 98.5 Å². The predicted octanol–water partition coefficient (Wildman–Crippen LogP) is 5.76. The standard InChI is InChI=1S/C27H31N5O2.C23H28N4O/c1-3-25(32-9-7-30(8-10-32)18-24-19-34-20-29-24)4-2-22(1)27-26-16-21(15-23(26)5-6-28-27)17-31-11-13-33-14-12-31;1-3-21(27-9-7-24-8-10-27)4-2-19(1)23-22-16-18(15-20(22)5-6-25-23)17-26-11-13-28-14-12-26/h1-6,16,19-20H,7-15,17-18H2;1-6,16,24H,7-15,17H2. The molecule has 1 N–H and O–H groups in total. The molecule has 12 nitrogen and oxygen atoms in total. The van der Waals surface area contributed by atoms with Crippen molar-refractivity contribution in [3.63, 3.8) is 0 Å². The molecule has 0 atom stereocenters. The van der Waals surface area contributed by atoms with Crippen LogP contribution < -0.4 is 15.1 Å². The van der Waals surface area contributed by atoms with Gasteiger partial charge in [0.1, 0.15) is 6.26 Å². The van der Waals surface area contributed by atoms with Crippen LogP contribution >= 0.6 is 0 Å². The maximum Gasteiger partial charge on any atom is 0.180 e. The molecule has 0 saturated carbocycles. The number of pyridine rings is 2. The minimum Gasteiger partial charge on any atom is -0.451 e. The number of benzene rings is 2. The van der Waals surface area contributed by atoms with Gasteiger partial charge < -0.3 is 29.0 Å². The van der Waals surface area contributed by atoms with Crippen LogP contribution in [0.1, 0.15) is 27.9 Å². The zero-order valence-electron chi connectivity index (χ0n) is 35.9. The summed E-state index contributed by atoms with van der Waals surface area (Å²) in [7, 11) is 0. The molecule has 0 spiro atoms. The SMILES string of the molecule is C1=C(CN2CCOCC2)Cc2ccnc(-c3ccc(N4CCN(Cc5cocn5)CC4)cc3)c21.C1=C(CN2CCOCC2)Cc2ccnc(-c3ccc(N4CCNCC4)cc3)c21. The Balaban J connectivity index is 0.000000151.